The SMILES string of the molecule is COCCOCCOCCOCc1ccc(C(=O)NN)s1. The fourth-order valence-electron chi connectivity index (χ4n) is 1.40. The average Bonchev–Trinajstić information content (AvgIpc) is 2.97. The zero-order valence-electron chi connectivity index (χ0n) is 12.1. The number of hydrazine groups is 1. The summed E-state index contributed by atoms with van der Waals surface area (Å²) in [5, 5.41) is 0. The smallest absolute Gasteiger partial charge is 0.275 e. The number of methoxy groups -OCH3 is 1. The highest BCUT2D eigenvalue weighted by Gasteiger charge is 2.07. The summed E-state index contributed by atoms with van der Waals surface area (Å²) in [7, 11) is 1.64. The standard InChI is InChI=1S/C13H22N2O5S/c1-17-4-5-18-6-7-19-8-9-20-10-11-2-3-12(21-11)13(16)15-14/h2-3H,4-10,14H2,1H3,(H,15,16). The highest BCUT2D eigenvalue weighted by atomic mass is 32.1. The van der Waals surface area contributed by atoms with Crippen LogP contribution in [-0.4, -0.2) is 52.7 Å². The highest BCUT2D eigenvalue weighted by Crippen LogP contribution is 2.16. The quantitative estimate of drug-likeness (QED) is 0.253. The first-order valence-corrected chi connectivity index (χ1v) is 7.41. The van der Waals surface area contributed by atoms with Gasteiger partial charge in [0.25, 0.3) is 5.91 Å². The van der Waals surface area contributed by atoms with Gasteiger partial charge in [-0.1, -0.05) is 0 Å². The molecule has 0 spiro atoms. The molecule has 0 saturated heterocycles. The van der Waals surface area contributed by atoms with Gasteiger partial charge < -0.3 is 18.9 Å². The van der Waals surface area contributed by atoms with Gasteiger partial charge in [0.1, 0.15) is 0 Å². The molecule has 1 aromatic heterocycles. The van der Waals surface area contributed by atoms with E-state index in [1.54, 1.807) is 13.2 Å². The van der Waals surface area contributed by atoms with Crippen LogP contribution in [-0.2, 0) is 25.6 Å². The molecule has 8 heteroatoms. The zero-order valence-corrected chi connectivity index (χ0v) is 12.9. The third kappa shape index (κ3) is 8.10. The maximum absolute atomic E-state index is 11.3. The molecule has 3 N–H and O–H groups in total. The van der Waals surface area contributed by atoms with Crippen molar-refractivity contribution in [3.63, 3.8) is 0 Å². The van der Waals surface area contributed by atoms with Crippen LogP contribution in [0.25, 0.3) is 0 Å². The van der Waals surface area contributed by atoms with Gasteiger partial charge in [-0.15, -0.1) is 11.3 Å². The van der Waals surface area contributed by atoms with Gasteiger partial charge in [-0.2, -0.15) is 0 Å². The van der Waals surface area contributed by atoms with E-state index < -0.39 is 0 Å². The number of nitrogens with one attached hydrogen (secondary N) is 1. The number of nitrogen functional groups attached to an aromatic ring is 1. The van der Waals surface area contributed by atoms with Gasteiger partial charge in [-0.05, 0) is 12.1 Å². The lowest BCUT2D eigenvalue weighted by Crippen LogP contribution is -2.29. The summed E-state index contributed by atoms with van der Waals surface area (Å²) < 4.78 is 20.9. The maximum atomic E-state index is 11.3. The van der Waals surface area contributed by atoms with Crippen LogP contribution in [0, 0.1) is 0 Å². The molecule has 0 saturated carbocycles. The topological polar surface area (TPSA) is 92.0 Å². The van der Waals surface area contributed by atoms with E-state index >= 15 is 0 Å². The zero-order chi connectivity index (χ0) is 15.3. The van der Waals surface area contributed by atoms with Crippen molar-refractivity contribution in [1.82, 2.24) is 5.43 Å². The Hall–Kier alpha value is -1.03. The molecule has 120 valence electrons. The number of nitrogens with two attached hydrogens (primary N) is 1. The summed E-state index contributed by atoms with van der Waals surface area (Å²) in [5.74, 6) is 4.77. The number of ether oxygens (including phenoxy) is 4. The predicted octanol–water partition coefficient (Wildman–Crippen LogP) is 0.548. The Balaban J connectivity index is 1.97. The monoisotopic (exact) mass is 318 g/mol. The van der Waals surface area contributed by atoms with Crippen molar-refractivity contribution in [3.8, 4) is 0 Å². The van der Waals surface area contributed by atoms with Gasteiger partial charge >= 0.3 is 0 Å². The second kappa shape index (κ2) is 11.6. The maximum Gasteiger partial charge on any atom is 0.275 e. The summed E-state index contributed by atoms with van der Waals surface area (Å²) >= 11 is 1.36. The van der Waals surface area contributed by atoms with Crippen LogP contribution in [0.2, 0.25) is 0 Å². The van der Waals surface area contributed by atoms with Gasteiger partial charge in [0.2, 0.25) is 0 Å². The van der Waals surface area contributed by atoms with E-state index in [1.165, 1.54) is 11.3 Å². The van der Waals surface area contributed by atoms with Crippen LogP contribution >= 0.6 is 11.3 Å². The first-order chi connectivity index (χ1) is 10.3. The first kappa shape index (κ1) is 18.0. The molecular formula is C13H22N2O5S. The Morgan fingerprint density at radius 2 is 1.71 bits per heavy atom. The fraction of sp³-hybridized carbons (Fsp3) is 0.615. The van der Waals surface area contributed by atoms with Crippen molar-refractivity contribution in [3.05, 3.63) is 21.9 Å². The number of carbonyl (C=O) groups is 1. The molecule has 0 fully saturated rings. The van der Waals surface area contributed by atoms with E-state index in [1.807, 2.05) is 6.07 Å². The molecule has 0 bridgehead atoms. The lowest BCUT2D eigenvalue weighted by molar-refractivity contribution is 0.00120. The van der Waals surface area contributed by atoms with Crippen LogP contribution in [0.15, 0.2) is 12.1 Å². The minimum atomic E-state index is -0.289. The Labute approximate surface area is 128 Å². The fourth-order valence-corrected chi connectivity index (χ4v) is 2.25. The highest BCUT2D eigenvalue weighted by molar-refractivity contribution is 7.14. The Morgan fingerprint density at radius 3 is 2.33 bits per heavy atom. The molecule has 1 rings (SSSR count). The number of hydrogen-bond acceptors (Lipinski definition) is 7. The Kier molecular flexibility index (Phi) is 9.96. The number of thiophene rings is 1. The van der Waals surface area contributed by atoms with Crippen molar-refractivity contribution in [2.45, 2.75) is 6.61 Å². The van der Waals surface area contributed by atoms with Crippen LogP contribution in [0.1, 0.15) is 14.5 Å². The lowest BCUT2D eigenvalue weighted by atomic mass is 10.4. The van der Waals surface area contributed by atoms with E-state index in [-0.39, 0.29) is 5.91 Å². The third-order valence-electron chi connectivity index (χ3n) is 2.44. The van der Waals surface area contributed by atoms with Crippen molar-refractivity contribution in [2.24, 2.45) is 5.84 Å². The molecule has 0 aliphatic carbocycles. The summed E-state index contributed by atoms with van der Waals surface area (Å²) in [6.07, 6.45) is 0. The minimum Gasteiger partial charge on any atom is -0.382 e. The lowest BCUT2D eigenvalue weighted by Gasteiger charge is -2.06. The van der Waals surface area contributed by atoms with Crippen molar-refractivity contribution in [2.75, 3.05) is 46.8 Å². The summed E-state index contributed by atoms with van der Waals surface area (Å²) in [4.78, 5) is 12.8. The van der Waals surface area contributed by atoms with E-state index in [9.17, 15) is 4.79 Å². The molecule has 0 aliphatic rings. The molecule has 0 radical (unpaired) electrons. The molecule has 0 atom stereocenters. The summed E-state index contributed by atoms with van der Waals surface area (Å²) in [5.41, 5.74) is 2.09. The Morgan fingerprint density at radius 1 is 1.10 bits per heavy atom. The van der Waals surface area contributed by atoms with Crippen LogP contribution < -0.4 is 11.3 Å². The van der Waals surface area contributed by atoms with Crippen molar-refractivity contribution >= 4 is 17.2 Å². The molecule has 21 heavy (non-hydrogen) atoms. The van der Waals surface area contributed by atoms with Crippen molar-refractivity contribution in [1.29, 1.82) is 0 Å². The van der Waals surface area contributed by atoms with Gasteiger partial charge in [0.15, 0.2) is 0 Å². The number of amides is 1. The first-order valence-electron chi connectivity index (χ1n) is 6.59. The third-order valence-corrected chi connectivity index (χ3v) is 3.49. The molecule has 1 heterocycles. The van der Waals surface area contributed by atoms with Crippen LogP contribution in [0.5, 0.6) is 0 Å². The van der Waals surface area contributed by atoms with E-state index in [4.69, 9.17) is 24.8 Å². The largest absolute Gasteiger partial charge is 0.382 e. The van der Waals surface area contributed by atoms with E-state index in [0.717, 1.165) is 4.88 Å². The number of carbonyl (C=O) groups excluding carboxylic acids is 1. The summed E-state index contributed by atoms with van der Waals surface area (Å²) in [6, 6.07) is 3.57. The molecule has 1 aromatic rings. The minimum absolute atomic E-state index is 0.289. The number of hydrogen-bond donors (Lipinski definition) is 2. The summed E-state index contributed by atoms with van der Waals surface area (Å²) in [6.45, 7) is 3.71. The van der Waals surface area contributed by atoms with E-state index in [0.29, 0.717) is 51.1 Å². The molecule has 1 amide bonds. The van der Waals surface area contributed by atoms with Crippen LogP contribution in [0.3, 0.4) is 0 Å². The number of rotatable bonds is 12. The molecular weight excluding hydrogens is 296 g/mol. The van der Waals surface area contributed by atoms with Gasteiger partial charge in [-0.25, -0.2) is 5.84 Å². The molecule has 0 aliphatic heterocycles. The second-order valence-corrected chi connectivity index (χ2v) is 5.18. The van der Waals surface area contributed by atoms with Gasteiger partial charge in [0.05, 0.1) is 51.1 Å². The second-order valence-electron chi connectivity index (χ2n) is 4.01. The van der Waals surface area contributed by atoms with Crippen LogP contribution in [0.4, 0.5) is 0 Å². The van der Waals surface area contributed by atoms with Crippen molar-refractivity contribution < 1.29 is 23.7 Å². The molecule has 0 aromatic carbocycles. The van der Waals surface area contributed by atoms with Gasteiger partial charge in [0, 0.05) is 12.0 Å². The predicted molar refractivity (Wildman–Crippen MR) is 79.1 cm³/mol. The average molecular weight is 318 g/mol. The van der Waals surface area contributed by atoms with E-state index in [2.05, 4.69) is 5.43 Å². The molecule has 7 nitrogen and oxygen atoms in total. The van der Waals surface area contributed by atoms with Gasteiger partial charge in [-0.3, -0.25) is 10.2 Å². The molecule has 0 unspecified atom stereocenters. The Bertz CT molecular complexity index is 400. The normalized spacial score (nSPS) is 10.8.